The van der Waals surface area contributed by atoms with Crippen molar-refractivity contribution in [1.82, 2.24) is 0 Å². The molecule has 2 N–H and O–H groups in total. The van der Waals surface area contributed by atoms with E-state index in [1.54, 1.807) is 0 Å². The highest BCUT2D eigenvalue weighted by molar-refractivity contribution is 9.21. The van der Waals surface area contributed by atoms with E-state index in [0.717, 1.165) is 5.41 Å². The smallest absolute Gasteiger partial charge is 0.225 e. The standard InChI is InChI=1S/C4H5BrN2O2S/c5-4-7-3(1-6)2-10(4,8)9/h2H,1,6H2. The number of nitrogens with zero attached hydrogens (tertiary/aromatic N) is 1. The number of hydrogen-bond acceptors (Lipinski definition) is 4. The zero-order valence-electron chi connectivity index (χ0n) is 4.91. The van der Waals surface area contributed by atoms with Gasteiger partial charge in [0.05, 0.1) is 11.1 Å². The summed E-state index contributed by atoms with van der Waals surface area (Å²) < 4.78 is 21.6. The van der Waals surface area contributed by atoms with Crippen molar-refractivity contribution in [2.24, 2.45) is 10.7 Å². The number of hydrogen-bond donors (Lipinski definition) is 1. The fraction of sp³-hybridized carbons (Fsp3) is 0.250. The summed E-state index contributed by atoms with van der Waals surface area (Å²) in [5.41, 5.74) is 5.54. The van der Waals surface area contributed by atoms with Crippen LogP contribution in [0.15, 0.2) is 16.1 Å². The molecule has 1 rings (SSSR count). The van der Waals surface area contributed by atoms with Crippen molar-refractivity contribution in [2.75, 3.05) is 6.54 Å². The van der Waals surface area contributed by atoms with Crippen molar-refractivity contribution < 1.29 is 8.42 Å². The Kier molecular flexibility index (Phi) is 1.93. The van der Waals surface area contributed by atoms with Crippen LogP contribution in [0.4, 0.5) is 0 Å². The van der Waals surface area contributed by atoms with E-state index in [0.29, 0.717) is 5.70 Å². The highest BCUT2D eigenvalue weighted by Crippen LogP contribution is 2.16. The number of sulfone groups is 1. The first-order valence-electron chi connectivity index (χ1n) is 2.46. The third-order valence-corrected chi connectivity index (χ3v) is 3.64. The third kappa shape index (κ3) is 1.28. The lowest BCUT2D eigenvalue weighted by Gasteiger charge is -1.83. The highest BCUT2D eigenvalue weighted by atomic mass is 79.9. The van der Waals surface area contributed by atoms with Crippen molar-refractivity contribution in [3.8, 4) is 0 Å². The minimum absolute atomic E-state index is 0.0551. The largest absolute Gasteiger partial charge is 0.325 e. The number of aliphatic imine (C=N–C) groups is 1. The molecule has 1 aliphatic rings. The second-order valence-electron chi connectivity index (χ2n) is 1.72. The maximum Gasteiger partial charge on any atom is 0.225 e. The molecule has 1 heterocycles. The zero-order valence-corrected chi connectivity index (χ0v) is 7.31. The van der Waals surface area contributed by atoms with Gasteiger partial charge >= 0.3 is 0 Å². The topological polar surface area (TPSA) is 72.5 Å². The van der Waals surface area contributed by atoms with Gasteiger partial charge in [-0.2, -0.15) is 0 Å². The van der Waals surface area contributed by atoms with E-state index >= 15 is 0 Å². The second kappa shape index (κ2) is 2.44. The van der Waals surface area contributed by atoms with Crippen molar-refractivity contribution in [2.45, 2.75) is 0 Å². The number of halogens is 1. The second-order valence-corrected chi connectivity index (χ2v) is 4.71. The van der Waals surface area contributed by atoms with Crippen LogP contribution in [0.1, 0.15) is 0 Å². The lowest BCUT2D eigenvalue weighted by atomic mass is 10.5. The number of rotatable bonds is 1. The van der Waals surface area contributed by atoms with Crippen LogP contribution in [0, 0.1) is 0 Å². The minimum Gasteiger partial charge on any atom is -0.325 e. The summed E-state index contributed by atoms with van der Waals surface area (Å²) in [6.45, 7) is 0.147. The first-order chi connectivity index (χ1) is 4.56. The Hall–Kier alpha value is -0.200. The fourth-order valence-electron chi connectivity index (χ4n) is 0.524. The summed E-state index contributed by atoms with van der Waals surface area (Å²) in [6, 6.07) is 0. The van der Waals surface area contributed by atoms with Gasteiger partial charge in [-0.05, 0) is 15.9 Å². The summed E-state index contributed by atoms with van der Waals surface area (Å²) in [4.78, 5) is 3.64. The van der Waals surface area contributed by atoms with E-state index in [4.69, 9.17) is 5.73 Å². The molecule has 0 radical (unpaired) electrons. The van der Waals surface area contributed by atoms with Gasteiger partial charge in [0.2, 0.25) is 13.8 Å². The van der Waals surface area contributed by atoms with Crippen LogP contribution in [0.25, 0.3) is 0 Å². The Morgan fingerprint density at radius 3 is 2.50 bits per heavy atom. The first kappa shape index (κ1) is 7.90. The SMILES string of the molecule is NCC1=CS(=O)(=O)C(Br)=N1. The monoisotopic (exact) mass is 224 g/mol. The molecule has 4 nitrogen and oxygen atoms in total. The summed E-state index contributed by atoms with van der Waals surface area (Å²) in [7, 11) is -3.26. The van der Waals surface area contributed by atoms with Gasteiger partial charge in [-0.15, -0.1) is 0 Å². The van der Waals surface area contributed by atoms with Gasteiger partial charge in [-0.1, -0.05) is 0 Å². The summed E-state index contributed by atoms with van der Waals surface area (Å²) >= 11 is 2.80. The molecule has 1 aliphatic heterocycles. The first-order valence-corrected chi connectivity index (χ1v) is 4.80. The molecule has 6 heteroatoms. The van der Waals surface area contributed by atoms with Crippen LogP contribution in [-0.2, 0) is 9.84 Å². The molecule has 0 amide bonds. The zero-order chi connectivity index (χ0) is 7.78. The molecule has 0 atom stereocenters. The molecular weight excluding hydrogens is 220 g/mol. The average Bonchev–Trinajstić information content (AvgIpc) is 2.08. The Bertz CT molecular complexity index is 303. The average molecular weight is 225 g/mol. The molecule has 0 spiro atoms. The van der Waals surface area contributed by atoms with Crippen LogP contribution < -0.4 is 5.73 Å². The van der Waals surface area contributed by atoms with Crippen LogP contribution >= 0.6 is 15.9 Å². The van der Waals surface area contributed by atoms with Crippen molar-refractivity contribution in [1.29, 1.82) is 0 Å². The number of nitrogens with two attached hydrogens (primary N) is 1. The molecule has 0 aliphatic carbocycles. The minimum atomic E-state index is -3.26. The summed E-state index contributed by atoms with van der Waals surface area (Å²) in [5, 5.41) is 1.05. The van der Waals surface area contributed by atoms with E-state index < -0.39 is 9.84 Å². The van der Waals surface area contributed by atoms with Gasteiger partial charge in [-0.3, -0.25) is 0 Å². The summed E-state index contributed by atoms with van der Waals surface area (Å²) in [6.07, 6.45) is 0. The molecule has 10 heavy (non-hydrogen) atoms. The van der Waals surface area contributed by atoms with Crippen molar-refractivity contribution in [3.63, 3.8) is 0 Å². The molecule has 0 aromatic carbocycles. The van der Waals surface area contributed by atoms with Gasteiger partial charge in [-0.25, -0.2) is 13.4 Å². The van der Waals surface area contributed by atoms with E-state index in [1.165, 1.54) is 0 Å². The van der Waals surface area contributed by atoms with Gasteiger partial charge in [0.25, 0.3) is 0 Å². The van der Waals surface area contributed by atoms with Crippen molar-refractivity contribution in [3.05, 3.63) is 11.1 Å². The Morgan fingerprint density at radius 2 is 2.30 bits per heavy atom. The van der Waals surface area contributed by atoms with Crippen molar-refractivity contribution >= 4 is 29.7 Å². The molecule has 0 bridgehead atoms. The van der Waals surface area contributed by atoms with E-state index in [2.05, 4.69) is 20.9 Å². The van der Waals surface area contributed by atoms with Crippen LogP contribution in [-0.4, -0.2) is 18.9 Å². The Morgan fingerprint density at radius 1 is 1.70 bits per heavy atom. The predicted octanol–water partition coefficient (Wildman–Crippen LogP) is -0.0342. The summed E-state index contributed by atoms with van der Waals surface area (Å²) in [5.74, 6) is 0. The van der Waals surface area contributed by atoms with Gasteiger partial charge in [0.1, 0.15) is 0 Å². The van der Waals surface area contributed by atoms with E-state index in [1.807, 2.05) is 0 Å². The maximum absolute atomic E-state index is 10.8. The molecule has 0 fully saturated rings. The predicted molar refractivity (Wildman–Crippen MR) is 42.4 cm³/mol. The Balaban J connectivity index is 3.12. The quantitative estimate of drug-likeness (QED) is 0.680. The molecular formula is C4H5BrN2O2S. The van der Waals surface area contributed by atoms with Gasteiger partial charge in [0, 0.05) is 6.54 Å². The molecule has 56 valence electrons. The molecule has 0 aromatic rings. The Labute approximate surface area is 66.9 Å². The third-order valence-electron chi connectivity index (χ3n) is 0.967. The van der Waals surface area contributed by atoms with Crippen LogP contribution in [0.5, 0.6) is 0 Å². The lowest BCUT2D eigenvalue weighted by molar-refractivity contribution is 0.616. The lowest BCUT2D eigenvalue weighted by Crippen LogP contribution is -1.99. The van der Waals surface area contributed by atoms with Crippen LogP contribution in [0.3, 0.4) is 0 Å². The maximum atomic E-state index is 10.8. The molecule has 0 unspecified atom stereocenters. The van der Waals surface area contributed by atoms with Gasteiger partial charge in [0.15, 0.2) is 0 Å². The highest BCUT2D eigenvalue weighted by Gasteiger charge is 2.20. The molecule has 0 aromatic heterocycles. The molecule has 0 saturated carbocycles. The van der Waals surface area contributed by atoms with E-state index in [-0.39, 0.29) is 10.5 Å². The molecule has 0 saturated heterocycles. The van der Waals surface area contributed by atoms with E-state index in [9.17, 15) is 8.42 Å². The normalized spacial score (nSPS) is 22.2. The van der Waals surface area contributed by atoms with Gasteiger partial charge < -0.3 is 5.73 Å². The van der Waals surface area contributed by atoms with Crippen LogP contribution in [0.2, 0.25) is 0 Å². The fourth-order valence-corrected chi connectivity index (χ4v) is 1.88.